The van der Waals surface area contributed by atoms with Crippen molar-refractivity contribution in [1.29, 1.82) is 0 Å². The van der Waals surface area contributed by atoms with Crippen molar-refractivity contribution in [1.82, 2.24) is 26.8 Å². The van der Waals surface area contributed by atoms with Gasteiger partial charge in [0.2, 0.25) is 0 Å². The molecule has 2 saturated heterocycles. The van der Waals surface area contributed by atoms with Gasteiger partial charge in [-0.3, -0.25) is 5.43 Å². The zero-order valence-electron chi connectivity index (χ0n) is 6.77. The highest BCUT2D eigenvalue weighted by molar-refractivity contribution is 5.83. The lowest BCUT2D eigenvalue weighted by atomic mass is 10.4. The van der Waals surface area contributed by atoms with Crippen molar-refractivity contribution in [3.63, 3.8) is 0 Å². The van der Waals surface area contributed by atoms with Gasteiger partial charge in [0.15, 0.2) is 5.03 Å². The molecule has 0 aromatic rings. The topological polar surface area (TPSA) is 133 Å². The number of amides is 2. The third kappa shape index (κ3) is 1.50. The smallest absolute Gasteiger partial charge is 0.317 e. The minimum Gasteiger partial charge on any atom is -0.327 e. The highest BCUT2D eigenvalue weighted by Crippen LogP contribution is 1.97. The molecule has 10 nitrogen and oxygen atoms in total. The first-order valence-electron chi connectivity index (χ1n) is 3.73. The number of nitrogens with one attached hydrogen (secondary N) is 5. The Hall–Kier alpha value is -2.10. The molecule has 2 heterocycles. The number of nitrogens with zero attached hydrogens (tertiary/aromatic N) is 2. The summed E-state index contributed by atoms with van der Waals surface area (Å²) in [5.74, 6) is -0.0553. The van der Waals surface area contributed by atoms with E-state index < -0.39 is 11.2 Å². The Balaban J connectivity index is 2.04. The van der Waals surface area contributed by atoms with E-state index in [1.807, 2.05) is 0 Å². The van der Waals surface area contributed by atoms with Gasteiger partial charge in [-0.2, -0.15) is 0 Å². The average Bonchev–Trinajstić information content (AvgIpc) is 2.42. The van der Waals surface area contributed by atoms with Crippen molar-refractivity contribution in [2.45, 2.75) is 12.3 Å². The summed E-state index contributed by atoms with van der Waals surface area (Å²) in [5, 5.41) is 19.8. The van der Waals surface area contributed by atoms with Crippen LogP contribution in [0.25, 0.3) is 0 Å². The van der Waals surface area contributed by atoms with E-state index in [-0.39, 0.29) is 18.2 Å². The molecule has 0 unspecified atom stereocenters. The summed E-state index contributed by atoms with van der Waals surface area (Å²) >= 11 is 0. The highest BCUT2D eigenvalue weighted by Gasteiger charge is 2.36. The number of hydrogen-bond acceptors (Lipinski definition) is 4. The Morgan fingerprint density at radius 2 is 2.00 bits per heavy atom. The van der Waals surface area contributed by atoms with Gasteiger partial charge in [-0.1, -0.05) is 0 Å². The fourth-order valence-corrected chi connectivity index (χ4v) is 1.19. The van der Waals surface area contributed by atoms with Crippen LogP contribution < -0.4 is 26.8 Å². The second-order valence-electron chi connectivity index (χ2n) is 2.67. The average molecular weight is 201 g/mol. The van der Waals surface area contributed by atoms with Crippen LogP contribution in [0.5, 0.6) is 0 Å². The molecule has 14 heavy (non-hydrogen) atoms. The van der Waals surface area contributed by atoms with Gasteiger partial charge in [-0.15, -0.1) is 0 Å². The van der Waals surface area contributed by atoms with Crippen molar-refractivity contribution in [2.24, 2.45) is 5.10 Å². The minimum atomic E-state index is -0.846. The van der Waals surface area contributed by atoms with E-state index in [1.54, 1.807) is 0 Å². The summed E-state index contributed by atoms with van der Waals surface area (Å²) in [6.07, 6.45) is -0.823. The van der Waals surface area contributed by atoms with Crippen LogP contribution in [0.3, 0.4) is 0 Å². The number of rotatable bonds is 1. The van der Waals surface area contributed by atoms with Crippen LogP contribution in [0.2, 0.25) is 0 Å². The second kappa shape index (κ2) is 2.99. The second-order valence-corrected chi connectivity index (χ2v) is 2.67. The zero-order valence-corrected chi connectivity index (χ0v) is 6.77. The van der Waals surface area contributed by atoms with Crippen molar-refractivity contribution in [3.05, 3.63) is 10.1 Å². The Morgan fingerprint density at radius 3 is 2.71 bits per heavy atom. The van der Waals surface area contributed by atoms with Crippen LogP contribution in [0.1, 0.15) is 0 Å². The van der Waals surface area contributed by atoms with Gasteiger partial charge in [0.05, 0.1) is 0 Å². The van der Waals surface area contributed by atoms with Crippen molar-refractivity contribution in [3.8, 4) is 0 Å². The summed E-state index contributed by atoms with van der Waals surface area (Å²) < 4.78 is 0. The normalized spacial score (nSPS) is 32.3. The fraction of sp³-hybridized carbons (Fsp3) is 0.500. The lowest BCUT2D eigenvalue weighted by Gasteiger charge is -2.27. The quantitative estimate of drug-likeness (QED) is 0.230. The lowest BCUT2D eigenvalue weighted by molar-refractivity contribution is -0.485. The van der Waals surface area contributed by atoms with Gasteiger partial charge in [-0.25, -0.2) is 20.3 Å². The Labute approximate surface area is 77.2 Å². The summed E-state index contributed by atoms with van der Waals surface area (Å²) in [6.45, 7) is 0. The van der Waals surface area contributed by atoms with Gasteiger partial charge >= 0.3 is 6.03 Å². The molecular weight excluding hydrogens is 194 g/mol. The van der Waals surface area contributed by atoms with E-state index in [0.717, 1.165) is 0 Å². The van der Waals surface area contributed by atoms with Gasteiger partial charge in [0.25, 0.3) is 5.96 Å². The Kier molecular flexibility index (Phi) is 1.81. The van der Waals surface area contributed by atoms with Crippen LogP contribution >= 0.6 is 0 Å². The molecule has 2 rings (SSSR count). The molecule has 2 amide bonds. The van der Waals surface area contributed by atoms with Crippen molar-refractivity contribution >= 4 is 12.0 Å². The number of nitro groups is 1. The molecule has 0 aromatic heterocycles. The third-order valence-corrected chi connectivity index (χ3v) is 1.73. The number of carbonyl (C=O) groups excluding carboxylic acids is 1. The monoisotopic (exact) mass is 201 g/mol. The Bertz CT molecular complexity index is 314. The molecular formula is C4H7N7O3. The fourth-order valence-electron chi connectivity index (χ4n) is 1.19. The van der Waals surface area contributed by atoms with Crippen molar-refractivity contribution in [2.75, 3.05) is 0 Å². The number of carbonyl (C=O) groups is 1. The van der Waals surface area contributed by atoms with Crippen LogP contribution in [0.15, 0.2) is 5.10 Å². The molecule has 2 atom stereocenters. The van der Waals surface area contributed by atoms with E-state index in [2.05, 4.69) is 31.9 Å². The molecule has 2 fully saturated rings. The number of hydrazine groups is 1. The molecule has 0 aromatic carbocycles. The first kappa shape index (κ1) is 8.50. The molecule has 2 aliphatic rings. The molecule has 0 radical (unpaired) electrons. The van der Waals surface area contributed by atoms with Crippen molar-refractivity contribution < 1.29 is 9.83 Å². The standard InChI is InChI=1S/C4H7N7O3/c12-4-6-1-2(7-4)8-9-3(5-1)10-11(13)14/h1-2,8H,(H2,5,9,10)(H2,6,7,12)/t1-,2-/m0/s1. The van der Waals surface area contributed by atoms with Crippen LogP contribution in [-0.4, -0.2) is 29.4 Å². The van der Waals surface area contributed by atoms with E-state index >= 15 is 0 Å². The third-order valence-electron chi connectivity index (χ3n) is 1.73. The SMILES string of the molecule is O=C1N[C@H]2NN/C(=N\[N+](=O)[O-])N[C@H]2N1. The van der Waals surface area contributed by atoms with E-state index in [9.17, 15) is 14.9 Å². The summed E-state index contributed by atoms with van der Waals surface area (Å²) in [6, 6.07) is -0.357. The van der Waals surface area contributed by atoms with Gasteiger partial charge in [0.1, 0.15) is 17.4 Å². The molecule has 10 heteroatoms. The summed E-state index contributed by atoms with van der Waals surface area (Å²) in [4.78, 5) is 20.9. The first-order chi connectivity index (χ1) is 6.65. The number of guanidine groups is 1. The molecule has 2 aliphatic heterocycles. The molecule has 0 saturated carbocycles. The molecule has 0 aliphatic carbocycles. The van der Waals surface area contributed by atoms with Crippen LogP contribution in [0, 0.1) is 10.1 Å². The van der Waals surface area contributed by atoms with Gasteiger partial charge in [0, 0.05) is 0 Å². The first-order valence-corrected chi connectivity index (χ1v) is 3.73. The predicted octanol–water partition coefficient (Wildman–Crippen LogP) is -2.80. The number of urea groups is 1. The zero-order chi connectivity index (χ0) is 10.1. The van der Waals surface area contributed by atoms with E-state index in [4.69, 9.17) is 0 Å². The van der Waals surface area contributed by atoms with E-state index in [0.29, 0.717) is 0 Å². The van der Waals surface area contributed by atoms with Crippen LogP contribution in [0.4, 0.5) is 4.79 Å². The maximum atomic E-state index is 10.8. The highest BCUT2D eigenvalue weighted by atomic mass is 16.7. The minimum absolute atomic E-state index is 0.0553. The molecule has 0 bridgehead atoms. The van der Waals surface area contributed by atoms with E-state index in [1.165, 1.54) is 0 Å². The lowest BCUT2D eigenvalue weighted by Crippen LogP contribution is -2.68. The number of hydrazone groups is 1. The molecule has 76 valence electrons. The number of hydrogen-bond donors (Lipinski definition) is 5. The maximum absolute atomic E-state index is 10.8. The largest absolute Gasteiger partial charge is 0.327 e. The Morgan fingerprint density at radius 1 is 1.29 bits per heavy atom. The van der Waals surface area contributed by atoms with Crippen LogP contribution in [-0.2, 0) is 0 Å². The maximum Gasteiger partial charge on any atom is 0.317 e. The predicted molar refractivity (Wildman–Crippen MR) is 43.1 cm³/mol. The molecule has 5 N–H and O–H groups in total. The number of fused-ring (bicyclic) bond motifs is 1. The summed E-state index contributed by atoms with van der Waals surface area (Å²) in [5.41, 5.74) is 5.06. The van der Waals surface area contributed by atoms with Gasteiger partial charge < -0.3 is 16.0 Å². The van der Waals surface area contributed by atoms with Gasteiger partial charge in [-0.05, 0) is 0 Å². The summed E-state index contributed by atoms with van der Waals surface area (Å²) in [7, 11) is 0. The molecule has 0 spiro atoms.